The molecule has 0 spiro atoms. The van der Waals surface area contributed by atoms with Gasteiger partial charge in [-0.2, -0.15) is 5.26 Å². The Morgan fingerprint density at radius 2 is 1.83 bits per heavy atom. The Balaban J connectivity index is 2.12. The normalized spacial score (nSPS) is 26.7. The van der Waals surface area contributed by atoms with Gasteiger partial charge in [0.15, 0.2) is 6.23 Å². The van der Waals surface area contributed by atoms with Crippen LogP contribution in [0.5, 0.6) is 5.75 Å². The minimum absolute atomic E-state index is 0.114. The monoisotopic (exact) mass is 418 g/mol. The topological polar surface area (TPSA) is 128 Å². The van der Waals surface area contributed by atoms with Gasteiger partial charge in [0.2, 0.25) is 0 Å². The van der Waals surface area contributed by atoms with Crippen LogP contribution in [0.2, 0.25) is 0 Å². The molecule has 8 nitrogen and oxygen atoms in total. The van der Waals surface area contributed by atoms with Gasteiger partial charge in [0.1, 0.15) is 40.9 Å². The van der Waals surface area contributed by atoms with Crippen molar-refractivity contribution in [1.82, 2.24) is 4.57 Å². The highest BCUT2D eigenvalue weighted by Crippen LogP contribution is 2.33. The van der Waals surface area contributed by atoms with Crippen LogP contribution in [0.1, 0.15) is 17.5 Å². The van der Waals surface area contributed by atoms with Crippen LogP contribution in [-0.2, 0) is 4.74 Å². The predicted octanol–water partition coefficient (Wildman–Crippen LogP) is 1.05. The Labute approximate surface area is 172 Å². The summed E-state index contributed by atoms with van der Waals surface area (Å²) < 4.78 is 12.3. The molecule has 29 heavy (non-hydrogen) atoms. The van der Waals surface area contributed by atoms with Crippen molar-refractivity contribution in [3.05, 3.63) is 46.2 Å². The van der Waals surface area contributed by atoms with E-state index >= 15 is 0 Å². The summed E-state index contributed by atoms with van der Waals surface area (Å²) in [6.45, 7) is 1.17. The minimum atomic E-state index is -1.54. The van der Waals surface area contributed by atoms with Gasteiger partial charge in [0.05, 0.1) is 19.3 Å². The van der Waals surface area contributed by atoms with Crippen molar-refractivity contribution in [3.63, 3.8) is 0 Å². The molecule has 1 aromatic heterocycles. The second-order valence-corrected chi connectivity index (χ2v) is 7.20. The second kappa shape index (κ2) is 8.59. The van der Waals surface area contributed by atoms with Gasteiger partial charge in [-0.3, -0.25) is 0 Å². The zero-order chi connectivity index (χ0) is 21.3. The van der Waals surface area contributed by atoms with E-state index < -0.39 is 37.3 Å². The lowest BCUT2D eigenvalue weighted by atomic mass is 9.97. The number of aryl methyl sites for hydroxylation is 1. The van der Waals surface area contributed by atoms with Gasteiger partial charge < -0.3 is 34.5 Å². The Kier molecular flexibility index (Phi) is 6.33. The molecule has 2 heterocycles. The first-order chi connectivity index (χ1) is 13.8. The van der Waals surface area contributed by atoms with E-state index in [1.807, 2.05) is 0 Å². The van der Waals surface area contributed by atoms with Crippen LogP contribution in [0.15, 0.2) is 30.3 Å². The third kappa shape index (κ3) is 3.79. The Morgan fingerprint density at radius 3 is 2.38 bits per heavy atom. The van der Waals surface area contributed by atoms with E-state index in [1.165, 1.54) is 4.57 Å². The number of hydrogen-bond donors (Lipinski definition) is 4. The maximum absolute atomic E-state index is 10.5. The number of aromatic nitrogens is 1. The summed E-state index contributed by atoms with van der Waals surface area (Å²) in [5.74, 6) is 0.676. The molecule has 0 bridgehead atoms. The average molecular weight is 418 g/mol. The number of aliphatic hydroxyl groups excluding tert-OH is 4. The molecule has 0 amide bonds. The van der Waals surface area contributed by atoms with E-state index in [2.05, 4.69) is 6.07 Å². The fraction of sp³-hybridized carbons (Fsp3) is 0.400. The number of pyridine rings is 1. The molecule has 9 heteroatoms. The van der Waals surface area contributed by atoms with Gasteiger partial charge >= 0.3 is 0 Å². The molecule has 2 aromatic rings. The number of nitriles is 1. The van der Waals surface area contributed by atoms with Gasteiger partial charge in [0, 0.05) is 11.3 Å². The molecule has 0 aliphatic carbocycles. The van der Waals surface area contributed by atoms with E-state index in [0.29, 0.717) is 17.0 Å². The SMILES string of the molecule is COc1ccc(-c2cc(C)n([C@@H]3O[C@H](CO)[C@@H](O)[C@H](O)[C@H]3O)c(=S)c2C#N)cc1. The lowest BCUT2D eigenvalue weighted by molar-refractivity contribution is -0.252. The molecule has 4 N–H and O–H groups in total. The summed E-state index contributed by atoms with van der Waals surface area (Å²) in [5.41, 5.74) is 2.15. The largest absolute Gasteiger partial charge is 0.497 e. The van der Waals surface area contributed by atoms with Crippen LogP contribution in [0.4, 0.5) is 0 Å². The maximum Gasteiger partial charge on any atom is 0.164 e. The molecule has 0 unspecified atom stereocenters. The molecule has 1 saturated heterocycles. The van der Waals surface area contributed by atoms with Gasteiger partial charge in [-0.15, -0.1) is 0 Å². The Morgan fingerprint density at radius 1 is 1.17 bits per heavy atom. The number of nitrogens with zero attached hydrogens (tertiary/aromatic N) is 2. The van der Waals surface area contributed by atoms with Crippen LogP contribution in [0.3, 0.4) is 0 Å². The van der Waals surface area contributed by atoms with Crippen molar-refractivity contribution in [1.29, 1.82) is 5.26 Å². The third-order valence-corrected chi connectivity index (χ3v) is 5.47. The van der Waals surface area contributed by atoms with Crippen LogP contribution >= 0.6 is 12.2 Å². The molecular formula is C20H22N2O6S. The molecule has 3 rings (SSSR count). The molecule has 1 fully saturated rings. The van der Waals surface area contributed by atoms with Crippen molar-refractivity contribution >= 4 is 12.2 Å². The van der Waals surface area contributed by atoms with E-state index in [4.69, 9.17) is 21.7 Å². The van der Waals surface area contributed by atoms with Crippen molar-refractivity contribution in [2.45, 2.75) is 37.6 Å². The molecule has 1 aromatic carbocycles. The number of ether oxygens (including phenoxy) is 2. The first kappa shape index (κ1) is 21.4. The van der Waals surface area contributed by atoms with Crippen LogP contribution in [0.25, 0.3) is 11.1 Å². The highest BCUT2D eigenvalue weighted by Gasteiger charge is 2.44. The molecule has 0 radical (unpaired) electrons. The van der Waals surface area contributed by atoms with E-state index in [0.717, 1.165) is 5.56 Å². The smallest absolute Gasteiger partial charge is 0.164 e. The summed E-state index contributed by atoms with van der Waals surface area (Å²) >= 11 is 5.51. The second-order valence-electron chi connectivity index (χ2n) is 6.81. The third-order valence-electron chi connectivity index (χ3n) is 5.07. The highest BCUT2D eigenvalue weighted by atomic mass is 32.1. The lowest BCUT2D eigenvalue weighted by Crippen LogP contribution is -2.56. The van der Waals surface area contributed by atoms with Gasteiger partial charge in [0.25, 0.3) is 0 Å². The summed E-state index contributed by atoms with van der Waals surface area (Å²) in [5, 5.41) is 49.7. The number of rotatable bonds is 4. The van der Waals surface area contributed by atoms with Crippen LogP contribution in [-0.4, -0.2) is 63.1 Å². The fourth-order valence-electron chi connectivity index (χ4n) is 3.46. The zero-order valence-corrected chi connectivity index (χ0v) is 16.7. The number of methoxy groups -OCH3 is 1. The van der Waals surface area contributed by atoms with E-state index in [1.54, 1.807) is 44.4 Å². The first-order valence-electron chi connectivity index (χ1n) is 8.95. The summed E-state index contributed by atoms with van der Waals surface area (Å²) in [6.07, 6.45) is -6.77. The number of hydrogen-bond acceptors (Lipinski definition) is 8. The predicted molar refractivity (Wildman–Crippen MR) is 106 cm³/mol. The fourth-order valence-corrected chi connectivity index (χ4v) is 3.87. The van der Waals surface area contributed by atoms with Crippen LogP contribution < -0.4 is 4.74 Å². The minimum Gasteiger partial charge on any atom is -0.497 e. The van der Waals surface area contributed by atoms with Crippen molar-refractivity contribution in [2.24, 2.45) is 0 Å². The van der Waals surface area contributed by atoms with Gasteiger partial charge in [-0.1, -0.05) is 24.4 Å². The molecule has 1 aliphatic heterocycles. The zero-order valence-electron chi connectivity index (χ0n) is 15.9. The van der Waals surface area contributed by atoms with Gasteiger partial charge in [-0.25, -0.2) is 0 Å². The molecule has 1 aliphatic rings. The highest BCUT2D eigenvalue weighted by molar-refractivity contribution is 7.71. The Bertz CT molecular complexity index is 982. The standard InChI is InChI=1S/C20H22N2O6S/c1-10-7-13(11-3-5-12(27-2)6-4-11)14(8-21)20(29)22(10)19-18(26)17(25)16(24)15(9-23)28-19/h3-7,15-19,23-26H,9H2,1-2H3/t15-,16-,17+,18-,19-/m1/s1. The van der Waals surface area contributed by atoms with Gasteiger partial charge in [-0.05, 0) is 30.7 Å². The van der Waals surface area contributed by atoms with Crippen LogP contribution in [0, 0.1) is 22.9 Å². The summed E-state index contributed by atoms with van der Waals surface area (Å²) in [6, 6.07) is 11.0. The van der Waals surface area contributed by atoms with Crippen molar-refractivity contribution in [2.75, 3.05) is 13.7 Å². The summed E-state index contributed by atoms with van der Waals surface area (Å²) in [7, 11) is 1.56. The Hall–Kier alpha value is -2.32. The average Bonchev–Trinajstić information content (AvgIpc) is 2.73. The number of aliphatic hydroxyl groups is 4. The maximum atomic E-state index is 10.5. The van der Waals surface area contributed by atoms with Crippen molar-refractivity contribution in [3.8, 4) is 22.9 Å². The quantitative estimate of drug-likeness (QED) is 0.543. The number of benzene rings is 1. The van der Waals surface area contributed by atoms with E-state index in [-0.39, 0.29) is 10.2 Å². The first-order valence-corrected chi connectivity index (χ1v) is 9.36. The molecule has 5 atom stereocenters. The molecular weight excluding hydrogens is 396 g/mol. The summed E-state index contributed by atoms with van der Waals surface area (Å²) in [4.78, 5) is 0. The molecule has 0 saturated carbocycles. The van der Waals surface area contributed by atoms with Crippen molar-refractivity contribution < 1.29 is 29.9 Å². The lowest BCUT2D eigenvalue weighted by Gasteiger charge is -2.41. The van der Waals surface area contributed by atoms with E-state index in [9.17, 15) is 25.7 Å². The molecule has 154 valence electrons.